The lowest BCUT2D eigenvalue weighted by atomic mass is 10.0. The lowest BCUT2D eigenvalue weighted by Gasteiger charge is -2.08. The summed E-state index contributed by atoms with van der Waals surface area (Å²) in [6.45, 7) is 5.63. The maximum atomic E-state index is 12.8. The van der Waals surface area contributed by atoms with Crippen LogP contribution in [0.1, 0.15) is 50.7 Å². The van der Waals surface area contributed by atoms with Crippen molar-refractivity contribution in [2.45, 2.75) is 6.92 Å². The molecule has 0 atom stereocenters. The molecule has 0 saturated heterocycles. The van der Waals surface area contributed by atoms with Crippen molar-refractivity contribution in [1.29, 1.82) is 10.5 Å². The number of carbonyl (C=O) groups is 1. The molecule has 3 rings (SSSR count). The standard InChI is InChI=1S/C30H20N2O3/c1-22(2)34-17-18-35-30(33)29-19-25(8-3-23-4-9-26(20-31)10-5-23)14-16-28(29)15-13-24-6-11-27(21-32)12-7-24/h4-7,9-12,14,16,19H,1,17-18H2,2H3. The van der Waals surface area contributed by atoms with Gasteiger partial charge < -0.3 is 9.47 Å². The van der Waals surface area contributed by atoms with Gasteiger partial charge in [0, 0.05) is 22.3 Å². The number of allylic oxidation sites excluding steroid dienone is 1. The highest BCUT2D eigenvalue weighted by Crippen LogP contribution is 2.14. The number of rotatable bonds is 5. The monoisotopic (exact) mass is 456 g/mol. The van der Waals surface area contributed by atoms with Crippen LogP contribution >= 0.6 is 0 Å². The minimum Gasteiger partial charge on any atom is -0.495 e. The van der Waals surface area contributed by atoms with Crippen LogP contribution in [0.2, 0.25) is 0 Å². The highest BCUT2D eigenvalue weighted by molar-refractivity contribution is 5.93. The van der Waals surface area contributed by atoms with E-state index >= 15 is 0 Å². The zero-order valence-electron chi connectivity index (χ0n) is 19.1. The van der Waals surface area contributed by atoms with Gasteiger partial charge in [0.2, 0.25) is 0 Å². The fraction of sp³-hybridized carbons (Fsp3) is 0.100. The summed E-state index contributed by atoms with van der Waals surface area (Å²) in [6, 6.07) is 23.1. The van der Waals surface area contributed by atoms with Gasteiger partial charge in [-0.1, -0.05) is 30.3 Å². The third-order valence-electron chi connectivity index (χ3n) is 4.63. The SMILES string of the molecule is C=C(C)OCCOC(=O)c1cc(C#Cc2ccc(C#N)cc2)ccc1C#Cc1ccc(C#N)cc1. The fourth-order valence-corrected chi connectivity index (χ4v) is 2.87. The second-order valence-corrected chi connectivity index (χ2v) is 7.33. The largest absolute Gasteiger partial charge is 0.495 e. The Morgan fingerprint density at radius 1 is 0.714 bits per heavy atom. The molecule has 35 heavy (non-hydrogen) atoms. The number of hydrogen-bond acceptors (Lipinski definition) is 5. The van der Waals surface area contributed by atoms with E-state index in [1.165, 1.54) is 0 Å². The van der Waals surface area contributed by atoms with E-state index in [0.29, 0.717) is 33.6 Å². The molecule has 0 saturated carbocycles. The molecule has 0 fully saturated rings. The van der Waals surface area contributed by atoms with E-state index in [2.05, 4.69) is 42.4 Å². The summed E-state index contributed by atoms with van der Waals surface area (Å²) in [5.41, 5.74) is 3.95. The molecule has 168 valence electrons. The van der Waals surface area contributed by atoms with Crippen molar-refractivity contribution in [2.75, 3.05) is 13.2 Å². The maximum Gasteiger partial charge on any atom is 0.339 e. The quantitative estimate of drug-likeness (QED) is 0.235. The van der Waals surface area contributed by atoms with Crippen LogP contribution in [0.4, 0.5) is 0 Å². The Morgan fingerprint density at radius 3 is 1.71 bits per heavy atom. The number of carbonyl (C=O) groups excluding carboxylic acids is 1. The summed E-state index contributed by atoms with van der Waals surface area (Å²) < 4.78 is 10.6. The minimum atomic E-state index is -0.540. The van der Waals surface area contributed by atoms with Gasteiger partial charge in [-0.25, -0.2) is 4.79 Å². The van der Waals surface area contributed by atoms with E-state index in [1.54, 1.807) is 73.7 Å². The molecule has 0 aliphatic carbocycles. The first-order valence-corrected chi connectivity index (χ1v) is 10.6. The predicted octanol–water partition coefficient (Wildman–Crippen LogP) is 4.94. The van der Waals surface area contributed by atoms with Crippen LogP contribution in [0.5, 0.6) is 0 Å². The van der Waals surface area contributed by atoms with Crippen LogP contribution < -0.4 is 0 Å². The van der Waals surface area contributed by atoms with E-state index in [0.717, 1.165) is 5.56 Å². The van der Waals surface area contributed by atoms with E-state index in [1.807, 2.05) is 0 Å². The number of nitriles is 2. The number of esters is 1. The Hall–Kier alpha value is -5.23. The highest BCUT2D eigenvalue weighted by Gasteiger charge is 2.13. The summed E-state index contributed by atoms with van der Waals surface area (Å²) in [5.74, 6) is 12.1. The van der Waals surface area contributed by atoms with Gasteiger partial charge in [0.1, 0.15) is 13.2 Å². The smallest absolute Gasteiger partial charge is 0.339 e. The Morgan fingerprint density at radius 2 is 1.17 bits per heavy atom. The van der Waals surface area contributed by atoms with Gasteiger partial charge in [-0.05, 0) is 73.7 Å². The van der Waals surface area contributed by atoms with Crippen LogP contribution in [-0.4, -0.2) is 19.2 Å². The molecule has 0 N–H and O–H groups in total. The van der Waals surface area contributed by atoms with Gasteiger partial charge in [-0.15, -0.1) is 0 Å². The molecule has 0 radical (unpaired) electrons. The maximum absolute atomic E-state index is 12.8. The number of ether oxygens (including phenoxy) is 2. The second kappa shape index (κ2) is 12.1. The summed E-state index contributed by atoms with van der Waals surface area (Å²) >= 11 is 0. The van der Waals surface area contributed by atoms with Crippen molar-refractivity contribution in [2.24, 2.45) is 0 Å². The molecule has 0 aliphatic rings. The molecule has 0 heterocycles. The molecule has 5 heteroatoms. The summed E-state index contributed by atoms with van der Waals surface area (Å²) in [5, 5.41) is 17.9. The van der Waals surface area contributed by atoms with Gasteiger partial charge in [-0.3, -0.25) is 0 Å². The van der Waals surface area contributed by atoms with E-state index in [-0.39, 0.29) is 18.8 Å². The Kier molecular flexibility index (Phi) is 8.46. The molecule has 5 nitrogen and oxygen atoms in total. The van der Waals surface area contributed by atoms with Gasteiger partial charge >= 0.3 is 5.97 Å². The predicted molar refractivity (Wildman–Crippen MR) is 132 cm³/mol. The van der Waals surface area contributed by atoms with E-state index < -0.39 is 5.97 Å². The van der Waals surface area contributed by atoms with Crippen LogP contribution in [-0.2, 0) is 9.47 Å². The summed E-state index contributed by atoms with van der Waals surface area (Å²) in [7, 11) is 0. The van der Waals surface area contributed by atoms with Crippen molar-refractivity contribution in [3.05, 3.63) is 118 Å². The third-order valence-corrected chi connectivity index (χ3v) is 4.63. The second-order valence-electron chi connectivity index (χ2n) is 7.33. The Labute approximate surface area is 204 Å². The Balaban J connectivity index is 1.89. The molecule has 0 aromatic heterocycles. The normalized spacial score (nSPS) is 9.23. The van der Waals surface area contributed by atoms with Crippen molar-refractivity contribution >= 4 is 5.97 Å². The molecule has 0 aliphatic heterocycles. The lowest BCUT2D eigenvalue weighted by Crippen LogP contribution is -2.12. The molecule has 0 amide bonds. The van der Waals surface area contributed by atoms with Gasteiger partial charge in [-0.2, -0.15) is 10.5 Å². The number of nitrogens with zero attached hydrogens (tertiary/aromatic N) is 2. The van der Waals surface area contributed by atoms with Crippen LogP contribution in [0.3, 0.4) is 0 Å². The van der Waals surface area contributed by atoms with Crippen LogP contribution in [0.25, 0.3) is 0 Å². The molecular weight excluding hydrogens is 436 g/mol. The Bertz CT molecular complexity index is 1450. The molecule has 3 aromatic carbocycles. The topological polar surface area (TPSA) is 83.1 Å². The summed E-state index contributed by atoms with van der Waals surface area (Å²) in [4.78, 5) is 12.8. The van der Waals surface area contributed by atoms with Crippen molar-refractivity contribution in [1.82, 2.24) is 0 Å². The van der Waals surface area contributed by atoms with Crippen LogP contribution in [0.15, 0.2) is 79.1 Å². The van der Waals surface area contributed by atoms with E-state index in [9.17, 15) is 4.79 Å². The average molecular weight is 457 g/mol. The van der Waals surface area contributed by atoms with Gasteiger partial charge in [0.05, 0.1) is 34.6 Å². The summed E-state index contributed by atoms with van der Waals surface area (Å²) in [6.07, 6.45) is 0. The number of hydrogen-bond donors (Lipinski definition) is 0. The lowest BCUT2D eigenvalue weighted by molar-refractivity contribution is 0.0402. The molecule has 0 spiro atoms. The van der Waals surface area contributed by atoms with Crippen molar-refractivity contribution in [3.8, 4) is 35.8 Å². The third kappa shape index (κ3) is 7.40. The average Bonchev–Trinajstić information content (AvgIpc) is 2.89. The molecule has 3 aromatic rings. The van der Waals surface area contributed by atoms with Crippen molar-refractivity contribution < 1.29 is 14.3 Å². The first-order chi connectivity index (χ1) is 17.0. The fourth-order valence-electron chi connectivity index (χ4n) is 2.87. The molecule has 0 bridgehead atoms. The van der Waals surface area contributed by atoms with Gasteiger partial charge in [0.25, 0.3) is 0 Å². The van der Waals surface area contributed by atoms with E-state index in [4.69, 9.17) is 20.0 Å². The zero-order chi connectivity index (χ0) is 25.0. The highest BCUT2D eigenvalue weighted by atomic mass is 16.6. The first-order valence-electron chi connectivity index (χ1n) is 10.6. The van der Waals surface area contributed by atoms with Gasteiger partial charge in [0.15, 0.2) is 0 Å². The molecular formula is C30H20N2O3. The zero-order valence-corrected chi connectivity index (χ0v) is 19.1. The molecule has 0 unspecified atom stereocenters. The number of benzene rings is 3. The minimum absolute atomic E-state index is 0.0648. The first kappa shape index (κ1) is 24.4. The van der Waals surface area contributed by atoms with Crippen LogP contribution in [0, 0.1) is 46.3 Å². The van der Waals surface area contributed by atoms with Crippen molar-refractivity contribution in [3.63, 3.8) is 0 Å².